The SMILES string of the molecule is CC1CN(CC(=O)NC2=CNC(C)C(NC(=O)c3cnn4cc(Br)sc34)=C2)C1. The van der Waals surface area contributed by atoms with E-state index >= 15 is 0 Å². The highest BCUT2D eigenvalue weighted by atomic mass is 79.9. The van der Waals surface area contributed by atoms with Crippen LogP contribution >= 0.6 is 27.3 Å². The molecular weight excluding hydrogens is 444 g/mol. The molecule has 28 heavy (non-hydrogen) atoms. The number of halogens is 1. The van der Waals surface area contributed by atoms with Crippen LogP contribution in [0, 0.1) is 5.92 Å². The number of thiazole rings is 1. The van der Waals surface area contributed by atoms with Crippen molar-refractivity contribution in [2.75, 3.05) is 19.6 Å². The first-order valence-corrected chi connectivity index (χ1v) is 10.6. The van der Waals surface area contributed by atoms with Gasteiger partial charge in [0.05, 0.1) is 40.0 Å². The van der Waals surface area contributed by atoms with Crippen LogP contribution in [0.2, 0.25) is 0 Å². The van der Waals surface area contributed by atoms with Crippen LogP contribution in [0.1, 0.15) is 24.2 Å². The number of fused-ring (bicyclic) bond motifs is 1. The molecule has 148 valence electrons. The lowest BCUT2D eigenvalue weighted by Gasteiger charge is -2.36. The Morgan fingerprint density at radius 2 is 2.14 bits per heavy atom. The Balaban J connectivity index is 1.41. The van der Waals surface area contributed by atoms with Crippen molar-refractivity contribution in [3.05, 3.63) is 45.4 Å². The second-order valence-electron chi connectivity index (χ2n) is 7.23. The average Bonchev–Trinajstić information content (AvgIpc) is 3.15. The number of likely N-dealkylation sites (tertiary alicyclic amines) is 1. The quantitative estimate of drug-likeness (QED) is 0.625. The standard InChI is InChI=1S/C18H21BrN6O2S/c1-10-6-24(7-10)9-16(26)22-12-3-14(11(2)20-4-12)23-17(27)13-5-21-25-8-15(19)28-18(13)25/h3-5,8,10-11,20H,6-7,9H2,1-2H3,(H,22,26)(H,23,27). The zero-order chi connectivity index (χ0) is 19.8. The summed E-state index contributed by atoms with van der Waals surface area (Å²) in [5, 5.41) is 13.2. The molecule has 2 aromatic rings. The van der Waals surface area contributed by atoms with Crippen LogP contribution in [-0.4, -0.2) is 52.0 Å². The molecule has 0 spiro atoms. The molecule has 4 rings (SSSR count). The van der Waals surface area contributed by atoms with Crippen molar-refractivity contribution in [1.82, 2.24) is 30.5 Å². The van der Waals surface area contributed by atoms with E-state index in [-0.39, 0.29) is 17.9 Å². The Morgan fingerprint density at radius 3 is 2.89 bits per heavy atom. The third kappa shape index (κ3) is 3.98. The van der Waals surface area contributed by atoms with Gasteiger partial charge in [0.25, 0.3) is 5.91 Å². The first-order valence-electron chi connectivity index (χ1n) is 9.03. The molecule has 0 radical (unpaired) electrons. The molecule has 1 fully saturated rings. The average molecular weight is 465 g/mol. The number of rotatable bonds is 5. The number of carbonyl (C=O) groups is 2. The summed E-state index contributed by atoms with van der Waals surface area (Å²) in [5.41, 5.74) is 1.83. The number of nitrogens with one attached hydrogen (secondary N) is 3. The zero-order valence-corrected chi connectivity index (χ0v) is 17.9. The maximum absolute atomic E-state index is 12.7. The van der Waals surface area contributed by atoms with Crippen molar-refractivity contribution in [3.63, 3.8) is 0 Å². The van der Waals surface area contributed by atoms with E-state index in [1.165, 1.54) is 11.3 Å². The smallest absolute Gasteiger partial charge is 0.260 e. The highest BCUT2D eigenvalue weighted by Gasteiger charge is 2.25. The molecule has 1 saturated heterocycles. The van der Waals surface area contributed by atoms with Crippen LogP contribution in [0.15, 0.2) is 39.9 Å². The van der Waals surface area contributed by atoms with Gasteiger partial charge in [0.1, 0.15) is 4.83 Å². The molecule has 10 heteroatoms. The molecule has 2 aliphatic rings. The maximum atomic E-state index is 12.7. The Kier molecular flexibility index (Phi) is 5.26. The molecule has 8 nitrogen and oxygen atoms in total. The number of allylic oxidation sites excluding steroid dienone is 1. The summed E-state index contributed by atoms with van der Waals surface area (Å²) >= 11 is 4.86. The molecule has 0 bridgehead atoms. The Bertz CT molecular complexity index is 988. The molecule has 0 aromatic carbocycles. The molecular formula is C18H21BrN6O2S. The van der Waals surface area contributed by atoms with Gasteiger partial charge in [-0.3, -0.25) is 14.5 Å². The Morgan fingerprint density at radius 1 is 1.36 bits per heavy atom. The van der Waals surface area contributed by atoms with E-state index in [0.29, 0.717) is 29.4 Å². The van der Waals surface area contributed by atoms with Crippen molar-refractivity contribution in [3.8, 4) is 0 Å². The van der Waals surface area contributed by atoms with Crippen LogP contribution in [-0.2, 0) is 4.79 Å². The first-order chi connectivity index (χ1) is 13.4. The fourth-order valence-electron chi connectivity index (χ4n) is 3.33. The summed E-state index contributed by atoms with van der Waals surface area (Å²) in [4.78, 5) is 27.8. The Labute approximate surface area is 174 Å². The summed E-state index contributed by atoms with van der Waals surface area (Å²) in [5.74, 6) is 0.370. The number of carbonyl (C=O) groups excluding carboxylic acids is 2. The lowest BCUT2D eigenvalue weighted by molar-refractivity contribution is -0.122. The molecule has 0 saturated carbocycles. The van der Waals surface area contributed by atoms with Crippen LogP contribution in [0.5, 0.6) is 0 Å². The molecule has 4 heterocycles. The third-order valence-corrected chi connectivity index (χ3v) is 6.32. The molecule has 2 aliphatic heterocycles. The van der Waals surface area contributed by atoms with Crippen molar-refractivity contribution >= 4 is 43.9 Å². The number of dihydropyridines is 1. The monoisotopic (exact) mass is 464 g/mol. The van der Waals surface area contributed by atoms with Gasteiger partial charge >= 0.3 is 0 Å². The molecule has 1 atom stereocenters. The number of nitrogens with zero attached hydrogens (tertiary/aromatic N) is 3. The topological polar surface area (TPSA) is 90.8 Å². The van der Waals surface area contributed by atoms with E-state index in [9.17, 15) is 9.59 Å². The summed E-state index contributed by atoms with van der Waals surface area (Å²) in [6.07, 6.45) is 6.92. The van der Waals surface area contributed by atoms with Gasteiger partial charge in [0.15, 0.2) is 0 Å². The highest BCUT2D eigenvalue weighted by Crippen LogP contribution is 2.26. The van der Waals surface area contributed by atoms with E-state index < -0.39 is 0 Å². The van der Waals surface area contributed by atoms with Gasteiger partial charge in [-0.1, -0.05) is 6.92 Å². The van der Waals surface area contributed by atoms with Gasteiger partial charge in [-0.25, -0.2) is 4.52 Å². The minimum atomic E-state index is -0.230. The molecule has 3 N–H and O–H groups in total. The minimum Gasteiger partial charge on any atom is -0.381 e. The number of hydrogen-bond donors (Lipinski definition) is 3. The predicted octanol–water partition coefficient (Wildman–Crippen LogP) is 1.67. The predicted molar refractivity (Wildman–Crippen MR) is 111 cm³/mol. The van der Waals surface area contributed by atoms with E-state index in [0.717, 1.165) is 21.7 Å². The molecule has 2 amide bonds. The molecule has 0 aliphatic carbocycles. The van der Waals surface area contributed by atoms with Gasteiger partial charge in [0.2, 0.25) is 5.91 Å². The highest BCUT2D eigenvalue weighted by molar-refractivity contribution is 9.11. The van der Waals surface area contributed by atoms with Gasteiger partial charge in [-0.15, -0.1) is 11.3 Å². The largest absolute Gasteiger partial charge is 0.381 e. The van der Waals surface area contributed by atoms with Gasteiger partial charge in [-0.2, -0.15) is 5.10 Å². The van der Waals surface area contributed by atoms with Crippen molar-refractivity contribution in [2.24, 2.45) is 5.92 Å². The van der Waals surface area contributed by atoms with Crippen LogP contribution in [0.3, 0.4) is 0 Å². The molecule has 1 unspecified atom stereocenters. The summed E-state index contributed by atoms with van der Waals surface area (Å²) in [7, 11) is 0. The van der Waals surface area contributed by atoms with Crippen molar-refractivity contribution < 1.29 is 9.59 Å². The van der Waals surface area contributed by atoms with Gasteiger partial charge in [0, 0.05) is 25.0 Å². The summed E-state index contributed by atoms with van der Waals surface area (Å²) < 4.78 is 2.57. The van der Waals surface area contributed by atoms with Gasteiger partial charge in [-0.05, 0) is 34.8 Å². The second kappa shape index (κ2) is 7.69. The first kappa shape index (κ1) is 19.2. The zero-order valence-electron chi connectivity index (χ0n) is 15.5. The van der Waals surface area contributed by atoms with Crippen molar-refractivity contribution in [1.29, 1.82) is 0 Å². The number of amides is 2. The second-order valence-corrected chi connectivity index (χ2v) is 9.64. The van der Waals surface area contributed by atoms with Crippen LogP contribution in [0.25, 0.3) is 4.83 Å². The van der Waals surface area contributed by atoms with Crippen LogP contribution < -0.4 is 16.0 Å². The van der Waals surface area contributed by atoms with E-state index in [2.05, 4.69) is 48.8 Å². The van der Waals surface area contributed by atoms with E-state index in [1.807, 2.05) is 13.1 Å². The fraction of sp³-hybridized carbons (Fsp3) is 0.389. The van der Waals surface area contributed by atoms with E-state index in [1.54, 1.807) is 23.0 Å². The fourth-order valence-corrected chi connectivity index (χ4v) is 4.77. The number of aromatic nitrogens is 2. The van der Waals surface area contributed by atoms with Crippen LogP contribution in [0.4, 0.5) is 0 Å². The molecule has 2 aromatic heterocycles. The summed E-state index contributed by atoms with van der Waals surface area (Å²) in [6, 6.07) is -0.0815. The minimum absolute atomic E-state index is 0.0572. The summed E-state index contributed by atoms with van der Waals surface area (Å²) in [6.45, 7) is 6.41. The lowest BCUT2D eigenvalue weighted by atomic mass is 10.0. The normalized spacial score (nSPS) is 20.2. The van der Waals surface area contributed by atoms with E-state index in [4.69, 9.17) is 0 Å². The Hall–Kier alpha value is -2.17. The van der Waals surface area contributed by atoms with Crippen molar-refractivity contribution in [2.45, 2.75) is 19.9 Å². The number of hydrogen-bond acceptors (Lipinski definition) is 6. The third-order valence-electron chi connectivity index (χ3n) is 4.73. The maximum Gasteiger partial charge on any atom is 0.260 e. The van der Waals surface area contributed by atoms with Gasteiger partial charge < -0.3 is 16.0 Å². The lowest BCUT2D eigenvalue weighted by Crippen LogP contribution is -2.49.